The van der Waals surface area contributed by atoms with Crippen LogP contribution in [0.4, 0.5) is 0 Å². The molecule has 0 aliphatic heterocycles. The Bertz CT molecular complexity index is 636. The summed E-state index contributed by atoms with van der Waals surface area (Å²) in [6.45, 7) is 4.00. The Hall–Kier alpha value is -1.38. The standard InChI is InChI=1S/C12H6Cl2N2.C2H6/c13-11-12(14)16-10-6-8-4-2-1-3-7(8)5-9(10)15-11;1-2/h1-6H;1-2H3. The molecule has 0 saturated heterocycles. The number of halogens is 2. The molecule has 3 aromatic rings. The highest BCUT2D eigenvalue weighted by atomic mass is 35.5. The molecule has 1 heterocycles. The molecule has 0 saturated carbocycles. The lowest BCUT2D eigenvalue weighted by atomic mass is 10.1. The van der Waals surface area contributed by atoms with Crippen molar-refractivity contribution < 1.29 is 0 Å². The first-order valence-electron chi connectivity index (χ1n) is 5.75. The molecule has 4 heteroatoms. The molecule has 0 atom stereocenters. The summed E-state index contributed by atoms with van der Waals surface area (Å²) in [6, 6.07) is 11.9. The predicted octanol–water partition coefficient (Wildman–Crippen LogP) is 5.12. The van der Waals surface area contributed by atoms with Crippen molar-refractivity contribution in [1.29, 1.82) is 0 Å². The Morgan fingerprint density at radius 3 is 1.56 bits per heavy atom. The van der Waals surface area contributed by atoms with E-state index in [-0.39, 0.29) is 10.3 Å². The molecular formula is C14H12Cl2N2. The van der Waals surface area contributed by atoms with Gasteiger partial charge in [0.2, 0.25) is 0 Å². The van der Waals surface area contributed by atoms with E-state index >= 15 is 0 Å². The summed E-state index contributed by atoms with van der Waals surface area (Å²) in [5, 5.41) is 2.71. The van der Waals surface area contributed by atoms with Gasteiger partial charge in [0.1, 0.15) is 0 Å². The highest BCUT2D eigenvalue weighted by molar-refractivity contribution is 6.40. The fourth-order valence-electron chi connectivity index (χ4n) is 1.70. The van der Waals surface area contributed by atoms with E-state index in [1.807, 2.05) is 50.2 Å². The van der Waals surface area contributed by atoms with Gasteiger partial charge in [-0.15, -0.1) is 0 Å². The smallest absolute Gasteiger partial charge is 0.167 e. The van der Waals surface area contributed by atoms with Crippen LogP contribution < -0.4 is 0 Å². The summed E-state index contributed by atoms with van der Waals surface area (Å²) in [5.74, 6) is 0. The number of rotatable bonds is 0. The van der Waals surface area contributed by atoms with Gasteiger partial charge in [-0.3, -0.25) is 0 Å². The first-order chi connectivity index (χ1) is 8.74. The minimum absolute atomic E-state index is 0.240. The molecule has 0 bridgehead atoms. The molecule has 3 rings (SSSR count). The lowest BCUT2D eigenvalue weighted by Crippen LogP contribution is -1.87. The summed E-state index contributed by atoms with van der Waals surface area (Å²) in [7, 11) is 0. The minimum atomic E-state index is 0.240. The first kappa shape index (κ1) is 13.1. The van der Waals surface area contributed by atoms with Crippen LogP contribution in [0.1, 0.15) is 13.8 Å². The summed E-state index contributed by atoms with van der Waals surface area (Å²) >= 11 is 11.7. The molecule has 0 unspecified atom stereocenters. The number of fused-ring (bicyclic) bond motifs is 2. The maximum absolute atomic E-state index is 5.83. The molecule has 0 amide bonds. The second-order valence-corrected chi connectivity index (χ2v) is 4.21. The SMILES string of the molecule is CC.Clc1nc2cc3ccccc3cc2nc1Cl. The minimum Gasteiger partial charge on any atom is -0.231 e. The second-order valence-electron chi connectivity index (χ2n) is 3.49. The third-order valence-electron chi connectivity index (χ3n) is 2.45. The van der Waals surface area contributed by atoms with Gasteiger partial charge in [-0.25, -0.2) is 9.97 Å². The summed E-state index contributed by atoms with van der Waals surface area (Å²) in [4.78, 5) is 8.39. The van der Waals surface area contributed by atoms with Crippen molar-refractivity contribution in [2.45, 2.75) is 13.8 Å². The van der Waals surface area contributed by atoms with Crippen molar-refractivity contribution in [3.63, 3.8) is 0 Å². The molecule has 92 valence electrons. The molecule has 0 radical (unpaired) electrons. The molecule has 0 fully saturated rings. The van der Waals surface area contributed by atoms with E-state index < -0.39 is 0 Å². The number of nitrogens with zero attached hydrogens (tertiary/aromatic N) is 2. The van der Waals surface area contributed by atoms with Crippen LogP contribution in [0.25, 0.3) is 21.8 Å². The zero-order chi connectivity index (χ0) is 13.1. The van der Waals surface area contributed by atoms with Gasteiger partial charge in [0, 0.05) is 0 Å². The summed E-state index contributed by atoms with van der Waals surface area (Å²) < 4.78 is 0. The first-order valence-corrected chi connectivity index (χ1v) is 6.51. The third-order valence-corrected chi connectivity index (χ3v) is 3.07. The fourth-order valence-corrected chi connectivity index (χ4v) is 1.97. The van der Waals surface area contributed by atoms with Gasteiger partial charge in [0.25, 0.3) is 0 Å². The lowest BCUT2D eigenvalue weighted by Gasteiger charge is -2.02. The van der Waals surface area contributed by atoms with E-state index in [0.29, 0.717) is 0 Å². The zero-order valence-corrected chi connectivity index (χ0v) is 11.6. The van der Waals surface area contributed by atoms with Crippen molar-refractivity contribution >= 4 is 45.0 Å². The quantitative estimate of drug-likeness (QED) is 0.534. The highest BCUT2D eigenvalue weighted by Gasteiger charge is 2.05. The zero-order valence-electron chi connectivity index (χ0n) is 10.1. The summed E-state index contributed by atoms with van der Waals surface area (Å²) in [5.41, 5.74) is 1.52. The van der Waals surface area contributed by atoms with E-state index in [2.05, 4.69) is 9.97 Å². The topological polar surface area (TPSA) is 25.8 Å². The van der Waals surface area contributed by atoms with E-state index in [1.54, 1.807) is 0 Å². The maximum Gasteiger partial charge on any atom is 0.167 e. The highest BCUT2D eigenvalue weighted by Crippen LogP contribution is 2.24. The van der Waals surface area contributed by atoms with Crippen molar-refractivity contribution in [1.82, 2.24) is 9.97 Å². The number of benzene rings is 2. The second kappa shape index (κ2) is 5.51. The Balaban J connectivity index is 0.000000574. The van der Waals surface area contributed by atoms with Gasteiger partial charge in [0.15, 0.2) is 10.3 Å². The predicted molar refractivity (Wildman–Crippen MR) is 78.4 cm³/mol. The molecule has 0 spiro atoms. The van der Waals surface area contributed by atoms with Crippen LogP contribution in [-0.4, -0.2) is 9.97 Å². The number of hydrogen-bond donors (Lipinski definition) is 0. The van der Waals surface area contributed by atoms with Gasteiger partial charge >= 0.3 is 0 Å². The van der Waals surface area contributed by atoms with Crippen molar-refractivity contribution in [3.05, 3.63) is 46.7 Å². The van der Waals surface area contributed by atoms with Crippen LogP contribution in [0.5, 0.6) is 0 Å². The summed E-state index contributed by atoms with van der Waals surface area (Å²) in [6.07, 6.45) is 0. The molecule has 18 heavy (non-hydrogen) atoms. The van der Waals surface area contributed by atoms with E-state index in [1.165, 1.54) is 0 Å². The van der Waals surface area contributed by atoms with Crippen LogP contribution in [0.3, 0.4) is 0 Å². The molecule has 1 aromatic heterocycles. The van der Waals surface area contributed by atoms with Crippen LogP contribution >= 0.6 is 23.2 Å². The Labute approximate surface area is 116 Å². The average molecular weight is 279 g/mol. The lowest BCUT2D eigenvalue weighted by molar-refractivity contribution is 1.30. The third kappa shape index (κ3) is 2.40. The van der Waals surface area contributed by atoms with Crippen LogP contribution in [-0.2, 0) is 0 Å². The van der Waals surface area contributed by atoms with E-state index in [9.17, 15) is 0 Å². The number of aromatic nitrogens is 2. The average Bonchev–Trinajstić information content (AvgIpc) is 2.40. The molecule has 0 aliphatic rings. The van der Waals surface area contributed by atoms with E-state index in [0.717, 1.165) is 21.8 Å². The van der Waals surface area contributed by atoms with Gasteiger partial charge in [-0.2, -0.15) is 0 Å². The van der Waals surface area contributed by atoms with Crippen molar-refractivity contribution in [3.8, 4) is 0 Å². The monoisotopic (exact) mass is 278 g/mol. The Morgan fingerprint density at radius 1 is 0.778 bits per heavy atom. The van der Waals surface area contributed by atoms with Gasteiger partial charge in [-0.05, 0) is 22.9 Å². The maximum atomic E-state index is 5.83. The van der Waals surface area contributed by atoms with Crippen LogP contribution in [0.2, 0.25) is 10.3 Å². The van der Waals surface area contributed by atoms with Gasteiger partial charge < -0.3 is 0 Å². The molecule has 0 N–H and O–H groups in total. The van der Waals surface area contributed by atoms with Crippen LogP contribution in [0, 0.1) is 0 Å². The Morgan fingerprint density at radius 2 is 1.17 bits per heavy atom. The van der Waals surface area contributed by atoms with Crippen LogP contribution in [0.15, 0.2) is 36.4 Å². The van der Waals surface area contributed by atoms with Gasteiger partial charge in [0.05, 0.1) is 11.0 Å². The van der Waals surface area contributed by atoms with E-state index in [4.69, 9.17) is 23.2 Å². The molecule has 0 aliphatic carbocycles. The molecular weight excluding hydrogens is 267 g/mol. The normalized spacial score (nSPS) is 10.2. The molecule has 2 nitrogen and oxygen atoms in total. The van der Waals surface area contributed by atoms with Crippen molar-refractivity contribution in [2.75, 3.05) is 0 Å². The number of hydrogen-bond acceptors (Lipinski definition) is 2. The Kier molecular flexibility index (Phi) is 4.00. The fraction of sp³-hybridized carbons (Fsp3) is 0.143. The van der Waals surface area contributed by atoms with Crippen molar-refractivity contribution in [2.24, 2.45) is 0 Å². The largest absolute Gasteiger partial charge is 0.231 e. The molecule has 2 aromatic carbocycles. The van der Waals surface area contributed by atoms with Gasteiger partial charge in [-0.1, -0.05) is 61.3 Å².